The summed E-state index contributed by atoms with van der Waals surface area (Å²) >= 11 is 0. The Labute approximate surface area is 155 Å². The maximum Gasteiger partial charge on any atom is 0.145 e. The number of anilines is 1. The molecule has 0 radical (unpaired) electrons. The molecular weight excluding hydrogens is 322 g/mol. The molecule has 0 unspecified atom stereocenters. The van der Waals surface area contributed by atoms with Gasteiger partial charge in [0.05, 0.1) is 7.11 Å². The van der Waals surface area contributed by atoms with Gasteiger partial charge in [0, 0.05) is 49.5 Å². The molecule has 0 bridgehead atoms. The second-order valence-corrected chi connectivity index (χ2v) is 6.89. The molecule has 0 aliphatic carbocycles. The molecule has 3 aromatic rings. The summed E-state index contributed by atoms with van der Waals surface area (Å²) in [5.74, 6) is 0.843. The van der Waals surface area contributed by atoms with Gasteiger partial charge >= 0.3 is 0 Å². The van der Waals surface area contributed by atoms with Crippen molar-refractivity contribution in [2.45, 2.75) is 13.5 Å². The number of benzene rings is 2. The van der Waals surface area contributed by atoms with Crippen molar-refractivity contribution in [1.82, 2.24) is 9.88 Å². The van der Waals surface area contributed by atoms with Crippen LogP contribution in [-0.2, 0) is 6.54 Å². The quantitative estimate of drug-likeness (QED) is 0.716. The first-order valence-corrected chi connectivity index (χ1v) is 9.20. The summed E-state index contributed by atoms with van der Waals surface area (Å²) in [6.07, 6.45) is 0. The lowest BCUT2D eigenvalue weighted by Gasteiger charge is -2.36. The summed E-state index contributed by atoms with van der Waals surface area (Å²) in [5, 5.41) is 1.17. The van der Waals surface area contributed by atoms with Crippen LogP contribution in [0.1, 0.15) is 11.3 Å². The molecule has 1 aromatic heterocycles. The highest BCUT2D eigenvalue weighted by atomic mass is 16.5. The summed E-state index contributed by atoms with van der Waals surface area (Å²) in [4.78, 5) is 9.73. The van der Waals surface area contributed by atoms with Gasteiger partial charge in [0.25, 0.3) is 0 Å². The minimum Gasteiger partial charge on any atom is -0.494 e. The Kier molecular flexibility index (Phi) is 4.76. The molecule has 1 aliphatic heterocycles. The number of hydrogen-bond acceptors (Lipinski definition) is 4. The molecule has 2 heterocycles. The summed E-state index contributed by atoms with van der Waals surface area (Å²) in [5.41, 5.74) is 4.64. The molecule has 0 saturated carbocycles. The zero-order valence-corrected chi connectivity index (χ0v) is 15.5. The first kappa shape index (κ1) is 16.9. The number of pyridine rings is 1. The lowest BCUT2D eigenvalue weighted by Crippen LogP contribution is -2.46. The molecule has 4 rings (SSSR count). The highest BCUT2D eigenvalue weighted by Gasteiger charge is 2.20. The van der Waals surface area contributed by atoms with E-state index in [0.717, 1.165) is 49.7 Å². The second kappa shape index (κ2) is 7.34. The van der Waals surface area contributed by atoms with Crippen molar-refractivity contribution in [3.05, 3.63) is 65.9 Å². The Morgan fingerprint density at radius 2 is 1.73 bits per heavy atom. The van der Waals surface area contributed by atoms with Crippen LogP contribution >= 0.6 is 0 Å². The number of para-hydroxylation sites is 1. The molecule has 134 valence electrons. The van der Waals surface area contributed by atoms with Crippen molar-refractivity contribution >= 4 is 16.6 Å². The predicted octanol–water partition coefficient (Wildman–Crippen LogP) is 3.87. The normalized spacial score (nSPS) is 15.4. The number of fused-ring (bicyclic) bond motifs is 1. The first-order valence-electron chi connectivity index (χ1n) is 9.20. The van der Waals surface area contributed by atoms with Crippen molar-refractivity contribution in [3.63, 3.8) is 0 Å². The number of ether oxygens (including phenoxy) is 1. The number of piperazine rings is 1. The van der Waals surface area contributed by atoms with Gasteiger partial charge in [-0.25, -0.2) is 4.98 Å². The monoisotopic (exact) mass is 347 g/mol. The third-order valence-corrected chi connectivity index (χ3v) is 5.09. The van der Waals surface area contributed by atoms with E-state index in [0.29, 0.717) is 0 Å². The molecule has 0 spiro atoms. The van der Waals surface area contributed by atoms with Crippen LogP contribution in [0.3, 0.4) is 0 Å². The minimum absolute atomic E-state index is 0.843. The largest absolute Gasteiger partial charge is 0.494 e. The number of aromatic nitrogens is 1. The Morgan fingerprint density at radius 3 is 2.46 bits per heavy atom. The second-order valence-electron chi connectivity index (χ2n) is 6.89. The van der Waals surface area contributed by atoms with Crippen molar-refractivity contribution < 1.29 is 4.74 Å². The van der Waals surface area contributed by atoms with Crippen LogP contribution in [-0.4, -0.2) is 43.2 Å². The Bertz CT molecular complexity index is 887. The minimum atomic E-state index is 0.843. The van der Waals surface area contributed by atoms with Gasteiger partial charge in [-0.3, -0.25) is 4.90 Å². The molecular formula is C22H25N3O. The smallest absolute Gasteiger partial charge is 0.145 e. The van der Waals surface area contributed by atoms with Gasteiger partial charge in [-0.05, 0) is 24.6 Å². The van der Waals surface area contributed by atoms with Crippen molar-refractivity contribution in [2.24, 2.45) is 0 Å². The van der Waals surface area contributed by atoms with Crippen LogP contribution in [0.15, 0.2) is 54.6 Å². The number of methoxy groups -OCH3 is 1. The summed E-state index contributed by atoms with van der Waals surface area (Å²) < 4.78 is 5.52. The fraction of sp³-hybridized carbons (Fsp3) is 0.318. The van der Waals surface area contributed by atoms with Crippen LogP contribution in [0, 0.1) is 6.92 Å². The zero-order chi connectivity index (χ0) is 17.9. The van der Waals surface area contributed by atoms with Crippen LogP contribution < -0.4 is 9.64 Å². The van der Waals surface area contributed by atoms with E-state index in [9.17, 15) is 0 Å². The maximum absolute atomic E-state index is 5.52. The average molecular weight is 347 g/mol. The Hall–Kier alpha value is -2.59. The third-order valence-electron chi connectivity index (χ3n) is 5.09. The molecule has 4 heteroatoms. The summed E-state index contributed by atoms with van der Waals surface area (Å²) in [6.45, 7) is 7.29. The number of hydrogen-bond donors (Lipinski definition) is 0. The molecule has 0 amide bonds. The predicted molar refractivity (Wildman–Crippen MR) is 107 cm³/mol. The molecule has 0 N–H and O–H groups in total. The Balaban J connectivity index is 1.54. The standard InChI is InChI=1S/C22H25N3O/c1-17-15-20(19-9-6-10-21(26-2)22(19)23-17)25-13-11-24(12-14-25)16-18-7-4-3-5-8-18/h3-10,15H,11-14,16H2,1-2H3. The first-order chi connectivity index (χ1) is 12.7. The highest BCUT2D eigenvalue weighted by Crippen LogP contribution is 2.32. The highest BCUT2D eigenvalue weighted by molar-refractivity contribution is 5.95. The van der Waals surface area contributed by atoms with Crippen LogP contribution in [0.5, 0.6) is 5.75 Å². The van der Waals surface area contributed by atoms with E-state index in [-0.39, 0.29) is 0 Å². The SMILES string of the molecule is COc1cccc2c(N3CCN(Cc4ccccc4)CC3)cc(C)nc12. The van der Waals surface area contributed by atoms with Crippen LogP contribution in [0.4, 0.5) is 5.69 Å². The topological polar surface area (TPSA) is 28.6 Å². The van der Waals surface area contributed by atoms with Crippen molar-refractivity contribution in [2.75, 3.05) is 38.2 Å². The fourth-order valence-corrected chi connectivity index (χ4v) is 3.74. The Morgan fingerprint density at radius 1 is 0.962 bits per heavy atom. The molecule has 4 nitrogen and oxygen atoms in total. The van der Waals surface area contributed by atoms with Gasteiger partial charge in [0.2, 0.25) is 0 Å². The molecule has 1 fully saturated rings. The fourth-order valence-electron chi connectivity index (χ4n) is 3.74. The number of aryl methyl sites for hydroxylation is 1. The van der Waals surface area contributed by atoms with Crippen LogP contribution in [0.25, 0.3) is 10.9 Å². The van der Waals surface area contributed by atoms with Gasteiger partial charge in [0.1, 0.15) is 11.3 Å². The lowest BCUT2D eigenvalue weighted by atomic mass is 10.1. The van der Waals surface area contributed by atoms with E-state index in [1.54, 1.807) is 7.11 Å². The summed E-state index contributed by atoms with van der Waals surface area (Å²) in [7, 11) is 1.71. The van der Waals surface area contributed by atoms with E-state index in [2.05, 4.69) is 59.2 Å². The van der Waals surface area contributed by atoms with E-state index < -0.39 is 0 Å². The van der Waals surface area contributed by atoms with E-state index in [1.807, 2.05) is 12.1 Å². The van der Waals surface area contributed by atoms with Crippen molar-refractivity contribution in [3.8, 4) is 5.75 Å². The number of nitrogens with zero attached hydrogens (tertiary/aromatic N) is 3. The van der Waals surface area contributed by atoms with E-state index >= 15 is 0 Å². The van der Waals surface area contributed by atoms with E-state index in [4.69, 9.17) is 9.72 Å². The molecule has 1 saturated heterocycles. The van der Waals surface area contributed by atoms with Gasteiger partial charge < -0.3 is 9.64 Å². The molecule has 26 heavy (non-hydrogen) atoms. The van der Waals surface area contributed by atoms with Crippen molar-refractivity contribution in [1.29, 1.82) is 0 Å². The number of rotatable bonds is 4. The molecule has 0 atom stereocenters. The lowest BCUT2D eigenvalue weighted by molar-refractivity contribution is 0.250. The maximum atomic E-state index is 5.52. The third kappa shape index (κ3) is 3.37. The average Bonchev–Trinajstić information content (AvgIpc) is 2.68. The van der Waals surface area contributed by atoms with Gasteiger partial charge in [0.15, 0.2) is 0 Å². The van der Waals surface area contributed by atoms with Gasteiger partial charge in [-0.2, -0.15) is 0 Å². The molecule has 2 aromatic carbocycles. The zero-order valence-electron chi connectivity index (χ0n) is 15.5. The van der Waals surface area contributed by atoms with E-state index in [1.165, 1.54) is 16.6 Å². The molecule has 1 aliphatic rings. The van der Waals surface area contributed by atoms with Gasteiger partial charge in [-0.15, -0.1) is 0 Å². The summed E-state index contributed by atoms with van der Waals surface area (Å²) in [6, 6.07) is 19.1. The van der Waals surface area contributed by atoms with Gasteiger partial charge in [-0.1, -0.05) is 42.5 Å². The van der Waals surface area contributed by atoms with Crippen LogP contribution in [0.2, 0.25) is 0 Å².